The van der Waals surface area contributed by atoms with Gasteiger partial charge in [-0.1, -0.05) is 29.8 Å². The van der Waals surface area contributed by atoms with Gasteiger partial charge in [0.2, 0.25) is 0 Å². The molecule has 1 aromatic carbocycles. The van der Waals surface area contributed by atoms with E-state index in [-0.39, 0.29) is 5.78 Å². The van der Waals surface area contributed by atoms with Gasteiger partial charge in [-0.2, -0.15) is 5.10 Å². The second-order valence-electron chi connectivity index (χ2n) is 5.66. The quantitative estimate of drug-likeness (QED) is 0.823. The van der Waals surface area contributed by atoms with E-state index in [9.17, 15) is 4.79 Å². The van der Waals surface area contributed by atoms with Crippen LogP contribution in [0.25, 0.3) is 5.69 Å². The minimum atomic E-state index is -0.416. The van der Waals surface area contributed by atoms with Gasteiger partial charge in [0.05, 0.1) is 17.4 Å². The normalized spacial score (nSPS) is 17.5. The zero-order valence-electron chi connectivity index (χ0n) is 13.6. The Bertz CT molecular complexity index is 857. The lowest BCUT2D eigenvalue weighted by Gasteiger charge is -2.29. The number of Topliss-reactive ketones (excluding diaryl/α,β-unsaturated/α-hetero) is 1. The SMILES string of the molecule is CC(=O)C1=C(C)NC(=S)NC1c1c(C)nn(-c2ccccc2)c1Cl. The lowest BCUT2D eigenvalue weighted by Crippen LogP contribution is -2.44. The summed E-state index contributed by atoms with van der Waals surface area (Å²) in [6, 6.07) is 9.21. The molecule has 2 N–H and O–H groups in total. The molecule has 5 nitrogen and oxygen atoms in total. The molecule has 1 aliphatic rings. The maximum absolute atomic E-state index is 12.1. The summed E-state index contributed by atoms with van der Waals surface area (Å²) in [7, 11) is 0. The maximum Gasteiger partial charge on any atom is 0.171 e. The zero-order chi connectivity index (χ0) is 17.4. The third-order valence-electron chi connectivity index (χ3n) is 3.99. The van der Waals surface area contributed by atoms with Crippen molar-refractivity contribution in [2.45, 2.75) is 26.8 Å². The number of nitrogens with one attached hydrogen (secondary N) is 2. The average Bonchev–Trinajstić information content (AvgIpc) is 2.81. The van der Waals surface area contributed by atoms with Gasteiger partial charge in [0.25, 0.3) is 0 Å². The number of halogens is 1. The van der Waals surface area contributed by atoms with Crippen LogP contribution in [0.4, 0.5) is 0 Å². The summed E-state index contributed by atoms with van der Waals surface area (Å²) < 4.78 is 1.67. The first kappa shape index (κ1) is 16.7. The number of nitrogens with zero attached hydrogens (tertiary/aromatic N) is 2. The second-order valence-corrected chi connectivity index (χ2v) is 6.43. The predicted octanol–water partition coefficient (Wildman–Crippen LogP) is 3.22. The standard InChI is InChI=1S/C17H17ClN4OS/c1-9-13(11(3)23)15(20-17(24)19-9)14-10(2)21-22(16(14)18)12-7-5-4-6-8-12/h4-8,15H,1-3H3,(H2,19,20,24). The van der Waals surface area contributed by atoms with E-state index >= 15 is 0 Å². The van der Waals surface area contributed by atoms with Crippen molar-refractivity contribution in [2.75, 3.05) is 0 Å². The van der Waals surface area contributed by atoms with Crippen LogP contribution in [-0.2, 0) is 4.79 Å². The Labute approximate surface area is 150 Å². The Morgan fingerprint density at radius 2 is 1.96 bits per heavy atom. The molecule has 1 aromatic heterocycles. The third-order valence-corrected chi connectivity index (χ3v) is 4.57. The van der Waals surface area contributed by atoms with Gasteiger partial charge in [-0.05, 0) is 45.1 Å². The van der Waals surface area contributed by atoms with Gasteiger partial charge < -0.3 is 10.6 Å². The minimum Gasteiger partial charge on any atom is -0.351 e. The molecule has 1 unspecified atom stereocenters. The molecule has 1 aliphatic heterocycles. The van der Waals surface area contributed by atoms with Crippen molar-refractivity contribution in [1.29, 1.82) is 0 Å². The first-order valence-electron chi connectivity index (χ1n) is 7.49. The number of allylic oxidation sites excluding steroid dienone is 1. The number of aryl methyl sites for hydroxylation is 1. The van der Waals surface area contributed by atoms with Crippen molar-refractivity contribution in [3.8, 4) is 5.69 Å². The molecular formula is C17H17ClN4OS. The summed E-state index contributed by atoms with van der Waals surface area (Å²) in [5, 5.41) is 11.6. The van der Waals surface area contributed by atoms with Crippen LogP contribution in [0.2, 0.25) is 5.15 Å². The van der Waals surface area contributed by atoms with E-state index in [1.54, 1.807) is 4.68 Å². The molecule has 24 heavy (non-hydrogen) atoms. The molecule has 2 heterocycles. The van der Waals surface area contributed by atoms with E-state index in [1.807, 2.05) is 44.2 Å². The number of carbonyl (C=O) groups is 1. The van der Waals surface area contributed by atoms with Crippen molar-refractivity contribution in [3.05, 3.63) is 58.0 Å². The summed E-state index contributed by atoms with van der Waals surface area (Å²) in [5.41, 5.74) is 3.71. The van der Waals surface area contributed by atoms with Crippen molar-refractivity contribution in [1.82, 2.24) is 20.4 Å². The Balaban J connectivity index is 2.16. The van der Waals surface area contributed by atoms with Crippen LogP contribution in [0.5, 0.6) is 0 Å². The van der Waals surface area contributed by atoms with Gasteiger partial charge in [-0.25, -0.2) is 4.68 Å². The maximum atomic E-state index is 12.1. The number of benzene rings is 1. The fourth-order valence-corrected chi connectivity index (χ4v) is 3.61. The van der Waals surface area contributed by atoms with Gasteiger partial charge in [0, 0.05) is 16.8 Å². The Morgan fingerprint density at radius 1 is 1.29 bits per heavy atom. The van der Waals surface area contributed by atoms with Crippen LogP contribution in [0, 0.1) is 6.92 Å². The van der Waals surface area contributed by atoms with Gasteiger partial charge in [-0.3, -0.25) is 4.79 Å². The highest BCUT2D eigenvalue weighted by Crippen LogP contribution is 2.35. The number of aromatic nitrogens is 2. The van der Waals surface area contributed by atoms with Crippen molar-refractivity contribution >= 4 is 34.7 Å². The summed E-state index contributed by atoms with van der Waals surface area (Å²) >= 11 is 11.9. The van der Waals surface area contributed by atoms with Crippen molar-refractivity contribution in [2.24, 2.45) is 0 Å². The molecule has 0 saturated heterocycles. The number of carbonyl (C=O) groups excluding carboxylic acids is 1. The van der Waals surface area contributed by atoms with Gasteiger partial charge in [0.15, 0.2) is 10.9 Å². The Morgan fingerprint density at radius 3 is 2.58 bits per heavy atom. The van der Waals surface area contributed by atoms with Gasteiger partial charge in [0.1, 0.15) is 5.15 Å². The molecule has 3 rings (SSSR count). The van der Waals surface area contributed by atoms with E-state index in [0.29, 0.717) is 15.8 Å². The number of rotatable bonds is 3. The Kier molecular flexibility index (Phi) is 4.43. The molecule has 0 aliphatic carbocycles. The molecule has 0 saturated carbocycles. The fraction of sp³-hybridized carbons (Fsp3) is 0.235. The number of ketones is 1. The lowest BCUT2D eigenvalue weighted by atomic mass is 9.93. The molecule has 2 aromatic rings. The molecule has 0 fully saturated rings. The third kappa shape index (κ3) is 2.83. The average molecular weight is 361 g/mol. The van der Waals surface area contributed by atoms with E-state index in [2.05, 4.69) is 15.7 Å². The number of hydrogen-bond acceptors (Lipinski definition) is 3. The monoisotopic (exact) mass is 360 g/mol. The molecular weight excluding hydrogens is 344 g/mol. The number of hydrogen-bond donors (Lipinski definition) is 2. The van der Waals surface area contributed by atoms with Crippen LogP contribution in [0.15, 0.2) is 41.6 Å². The summed E-state index contributed by atoms with van der Waals surface area (Å²) in [6.45, 7) is 5.25. The predicted molar refractivity (Wildman–Crippen MR) is 98.3 cm³/mol. The molecule has 0 amide bonds. The van der Waals surface area contributed by atoms with Gasteiger partial charge >= 0.3 is 0 Å². The molecule has 0 radical (unpaired) electrons. The van der Waals surface area contributed by atoms with Crippen LogP contribution < -0.4 is 10.6 Å². The topological polar surface area (TPSA) is 59.0 Å². The summed E-state index contributed by atoms with van der Waals surface area (Å²) in [4.78, 5) is 12.1. The van der Waals surface area contributed by atoms with Crippen LogP contribution >= 0.6 is 23.8 Å². The second kappa shape index (κ2) is 6.37. The summed E-state index contributed by atoms with van der Waals surface area (Å²) in [6.07, 6.45) is 0. The van der Waals surface area contributed by atoms with E-state index in [0.717, 1.165) is 22.6 Å². The van der Waals surface area contributed by atoms with Crippen LogP contribution in [0.1, 0.15) is 31.1 Å². The van der Waals surface area contributed by atoms with E-state index < -0.39 is 6.04 Å². The lowest BCUT2D eigenvalue weighted by molar-refractivity contribution is -0.114. The molecule has 0 spiro atoms. The first-order valence-corrected chi connectivity index (χ1v) is 8.28. The summed E-state index contributed by atoms with van der Waals surface area (Å²) in [5.74, 6) is -0.0390. The molecule has 7 heteroatoms. The smallest absolute Gasteiger partial charge is 0.171 e. The highest BCUT2D eigenvalue weighted by molar-refractivity contribution is 7.80. The first-order chi connectivity index (χ1) is 11.4. The zero-order valence-corrected chi connectivity index (χ0v) is 15.1. The van der Waals surface area contributed by atoms with Crippen LogP contribution in [0.3, 0.4) is 0 Å². The Hall–Kier alpha value is -2.18. The van der Waals surface area contributed by atoms with E-state index in [1.165, 1.54) is 6.92 Å². The molecule has 124 valence electrons. The van der Waals surface area contributed by atoms with Crippen LogP contribution in [-0.4, -0.2) is 20.7 Å². The fourth-order valence-electron chi connectivity index (χ4n) is 2.96. The highest BCUT2D eigenvalue weighted by atomic mass is 35.5. The number of para-hydroxylation sites is 1. The van der Waals surface area contributed by atoms with Gasteiger partial charge in [-0.15, -0.1) is 0 Å². The van der Waals surface area contributed by atoms with Crippen molar-refractivity contribution in [3.63, 3.8) is 0 Å². The van der Waals surface area contributed by atoms with Crippen molar-refractivity contribution < 1.29 is 4.79 Å². The minimum absolute atomic E-state index is 0.0390. The highest BCUT2D eigenvalue weighted by Gasteiger charge is 2.32. The largest absolute Gasteiger partial charge is 0.351 e. The number of thiocarbonyl (C=S) groups is 1. The molecule has 1 atom stereocenters. The molecule has 0 bridgehead atoms. The van der Waals surface area contributed by atoms with E-state index in [4.69, 9.17) is 23.8 Å².